The zero-order valence-corrected chi connectivity index (χ0v) is 20.4. The van der Waals surface area contributed by atoms with Crippen molar-refractivity contribution in [3.05, 3.63) is 53.7 Å². The van der Waals surface area contributed by atoms with Crippen LogP contribution in [-0.2, 0) is 22.8 Å². The number of nitrogens with one attached hydrogen (secondary N) is 2. The Morgan fingerprint density at radius 2 is 1.90 bits per heavy atom. The molecule has 1 aliphatic carbocycles. The van der Waals surface area contributed by atoms with E-state index in [-0.39, 0.29) is 24.0 Å². The van der Waals surface area contributed by atoms with Crippen LogP contribution in [0.3, 0.4) is 0 Å². The van der Waals surface area contributed by atoms with Gasteiger partial charge in [-0.25, -0.2) is 13.4 Å². The highest BCUT2D eigenvalue weighted by Crippen LogP contribution is 2.29. The smallest absolute Gasteiger partial charge is 0.213 e. The predicted molar refractivity (Wildman–Crippen MR) is 129 cm³/mol. The molecule has 0 radical (unpaired) electrons. The van der Waals surface area contributed by atoms with Gasteiger partial charge < -0.3 is 15.4 Å². The van der Waals surface area contributed by atoms with Crippen LogP contribution >= 0.6 is 24.0 Å². The van der Waals surface area contributed by atoms with Gasteiger partial charge in [0.2, 0.25) is 5.88 Å². The lowest BCUT2D eigenvalue weighted by atomic mass is 10.1. The second-order valence-electron chi connectivity index (χ2n) is 7.28. The topological polar surface area (TPSA) is 92.7 Å². The fraction of sp³-hybridized carbons (Fsp3) is 0.429. The van der Waals surface area contributed by atoms with Crippen molar-refractivity contribution in [1.82, 2.24) is 15.6 Å². The summed E-state index contributed by atoms with van der Waals surface area (Å²) in [6, 6.07) is 10.9. The molecule has 3 rings (SSSR count). The number of hydrogen-bond acceptors (Lipinski definition) is 5. The summed E-state index contributed by atoms with van der Waals surface area (Å²) in [6.07, 6.45) is 6.25. The van der Waals surface area contributed by atoms with E-state index in [1.54, 1.807) is 25.4 Å². The van der Waals surface area contributed by atoms with Crippen molar-refractivity contribution >= 4 is 39.8 Å². The van der Waals surface area contributed by atoms with Gasteiger partial charge in [0.15, 0.2) is 15.8 Å². The molecule has 164 valence electrons. The highest BCUT2D eigenvalue weighted by Gasteiger charge is 2.22. The zero-order valence-electron chi connectivity index (χ0n) is 17.3. The Morgan fingerprint density at radius 3 is 2.53 bits per heavy atom. The maximum Gasteiger partial charge on any atom is 0.213 e. The lowest BCUT2D eigenvalue weighted by molar-refractivity contribution is 0.288. The molecule has 1 aromatic carbocycles. The molecule has 30 heavy (non-hydrogen) atoms. The molecule has 1 heterocycles. The summed E-state index contributed by atoms with van der Waals surface area (Å²) in [5, 5.41) is 6.55. The van der Waals surface area contributed by atoms with E-state index >= 15 is 0 Å². The molecule has 7 nitrogen and oxygen atoms in total. The van der Waals surface area contributed by atoms with Crippen molar-refractivity contribution in [1.29, 1.82) is 0 Å². The first-order valence-corrected chi connectivity index (χ1v) is 11.6. The van der Waals surface area contributed by atoms with E-state index in [9.17, 15) is 8.42 Å². The minimum atomic E-state index is -3.16. The third-order valence-corrected chi connectivity index (χ3v) is 5.83. The Labute approximate surface area is 195 Å². The lowest BCUT2D eigenvalue weighted by Crippen LogP contribution is -2.37. The van der Waals surface area contributed by atoms with Crippen molar-refractivity contribution in [2.24, 2.45) is 10.9 Å². The minimum absolute atomic E-state index is 0. The number of ether oxygens (including phenoxy) is 1. The normalized spacial score (nSPS) is 14.0. The van der Waals surface area contributed by atoms with Gasteiger partial charge in [-0.15, -0.1) is 24.0 Å². The molecule has 0 aliphatic heterocycles. The summed E-state index contributed by atoms with van der Waals surface area (Å²) in [4.78, 5) is 8.83. The SMILES string of the molecule is CN=C(NCCc1ccc(S(C)(=O)=O)cc1)NCc1ccnc(OCC2CC2)c1.I. The van der Waals surface area contributed by atoms with Gasteiger partial charge in [-0.2, -0.15) is 0 Å². The zero-order chi connectivity index (χ0) is 20.7. The Bertz CT molecular complexity index is 945. The number of pyridine rings is 1. The van der Waals surface area contributed by atoms with Crippen LogP contribution in [0.2, 0.25) is 0 Å². The summed E-state index contributed by atoms with van der Waals surface area (Å²) < 4.78 is 28.8. The quantitative estimate of drug-likeness (QED) is 0.287. The number of sulfone groups is 1. The van der Waals surface area contributed by atoms with E-state index in [0.717, 1.165) is 24.2 Å². The molecule has 2 aromatic rings. The number of benzene rings is 1. The molecule has 0 atom stereocenters. The van der Waals surface area contributed by atoms with Crippen molar-refractivity contribution in [2.75, 3.05) is 26.5 Å². The van der Waals surface area contributed by atoms with Gasteiger partial charge in [0.25, 0.3) is 0 Å². The summed E-state index contributed by atoms with van der Waals surface area (Å²) in [7, 11) is -1.43. The maximum atomic E-state index is 11.5. The number of aliphatic imine (C=N–C) groups is 1. The minimum Gasteiger partial charge on any atom is -0.477 e. The van der Waals surface area contributed by atoms with Crippen molar-refractivity contribution in [3.63, 3.8) is 0 Å². The molecule has 0 bridgehead atoms. The van der Waals surface area contributed by atoms with Crippen LogP contribution in [0.15, 0.2) is 52.5 Å². The number of halogens is 1. The Balaban J connectivity index is 0.00000320. The Kier molecular flexibility index (Phi) is 9.35. The van der Waals surface area contributed by atoms with Crippen LogP contribution in [0.4, 0.5) is 0 Å². The maximum absolute atomic E-state index is 11.5. The van der Waals surface area contributed by atoms with Gasteiger partial charge in [0.1, 0.15) is 0 Å². The second kappa shape index (κ2) is 11.5. The molecule has 1 fully saturated rings. The molecule has 1 aromatic heterocycles. The standard InChI is InChI=1S/C21H28N4O3S.HI/c1-22-21(24-12-9-16-5-7-19(8-6-16)29(2,26)27)25-14-18-10-11-23-20(13-18)28-15-17-3-4-17;/h5-8,10-11,13,17H,3-4,9,12,14-15H2,1-2H3,(H2,22,24,25);1H. The van der Waals surface area contributed by atoms with Gasteiger partial charge in [-0.3, -0.25) is 4.99 Å². The molecule has 0 amide bonds. The Hall–Kier alpha value is -1.88. The van der Waals surface area contributed by atoms with E-state index < -0.39 is 9.84 Å². The van der Waals surface area contributed by atoms with Crippen LogP contribution in [0.25, 0.3) is 0 Å². The first-order valence-electron chi connectivity index (χ1n) is 9.75. The molecular formula is C21H29IN4O3S. The molecule has 9 heteroatoms. The highest BCUT2D eigenvalue weighted by atomic mass is 127. The molecule has 0 saturated heterocycles. The fourth-order valence-electron chi connectivity index (χ4n) is 2.76. The number of nitrogens with zero attached hydrogens (tertiary/aromatic N) is 2. The average molecular weight is 544 g/mol. The van der Waals surface area contributed by atoms with Gasteiger partial charge in [0, 0.05) is 38.7 Å². The summed E-state index contributed by atoms with van der Waals surface area (Å²) in [6.45, 7) is 2.05. The predicted octanol–water partition coefficient (Wildman–Crippen LogP) is 2.80. The Morgan fingerprint density at radius 1 is 1.17 bits per heavy atom. The molecular weight excluding hydrogens is 515 g/mol. The molecule has 0 unspecified atom stereocenters. The molecule has 1 saturated carbocycles. The van der Waals surface area contributed by atoms with E-state index in [0.29, 0.717) is 35.7 Å². The van der Waals surface area contributed by atoms with Gasteiger partial charge in [-0.05, 0) is 54.5 Å². The van der Waals surface area contributed by atoms with Crippen LogP contribution in [-0.4, -0.2) is 45.8 Å². The van der Waals surface area contributed by atoms with E-state index in [4.69, 9.17) is 4.74 Å². The van der Waals surface area contributed by atoms with Crippen molar-refractivity contribution in [2.45, 2.75) is 30.7 Å². The molecule has 2 N–H and O–H groups in total. The van der Waals surface area contributed by atoms with E-state index in [1.165, 1.54) is 19.1 Å². The van der Waals surface area contributed by atoms with Crippen molar-refractivity contribution in [3.8, 4) is 5.88 Å². The number of guanidine groups is 1. The molecule has 0 spiro atoms. The third-order valence-electron chi connectivity index (χ3n) is 4.70. The number of rotatable bonds is 9. The second-order valence-corrected chi connectivity index (χ2v) is 9.29. The first-order chi connectivity index (χ1) is 13.9. The highest BCUT2D eigenvalue weighted by molar-refractivity contribution is 14.0. The third kappa shape index (κ3) is 8.10. The molecule has 1 aliphatic rings. The number of aromatic nitrogens is 1. The summed E-state index contributed by atoms with van der Waals surface area (Å²) in [5.74, 6) is 2.07. The van der Waals surface area contributed by atoms with E-state index in [2.05, 4.69) is 20.6 Å². The van der Waals surface area contributed by atoms with Crippen LogP contribution < -0.4 is 15.4 Å². The number of hydrogen-bond donors (Lipinski definition) is 2. The van der Waals surface area contributed by atoms with Gasteiger partial charge >= 0.3 is 0 Å². The fourth-order valence-corrected chi connectivity index (χ4v) is 3.39. The van der Waals surface area contributed by atoms with Crippen LogP contribution in [0.5, 0.6) is 5.88 Å². The van der Waals surface area contributed by atoms with Crippen molar-refractivity contribution < 1.29 is 13.2 Å². The first kappa shape index (κ1) is 24.4. The average Bonchev–Trinajstić information content (AvgIpc) is 3.53. The van der Waals surface area contributed by atoms with E-state index in [1.807, 2.05) is 24.3 Å². The summed E-state index contributed by atoms with van der Waals surface area (Å²) in [5.41, 5.74) is 2.14. The largest absolute Gasteiger partial charge is 0.477 e. The monoisotopic (exact) mass is 544 g/mol. The lowest BCUT2D eigenvalue weighted by Gasteiger charge is -2.13. The van der Waals surface area contributed by atoms with Gasteiger partial charge in [-0.1, -0.05) is 12.1 Å². The van der Waals surface area contributed by atoms with Crippen LogP contribution in [0.1, 0.15) is 24.0 Å². The van der Waals surface area contributed by atoms with Gasteiger partial charge in [0.05, 0.1) is 11.5 Å². The van der Waals surface area contributed by atoms with Crippen LogP contribution in [0, 0.1) is 5.92 Å². The summed E-state index contributed by atoms with van der Waals surface area (Å²) >= 11 is 0.